The van der Waals surface area contributed by atoms with Crippen LogP contribution in [0.5, 0.6) is 0 Å². The molecular formula is C14H25N. The van der Waals surface area contributed by atoms with Gasteiger partial charge in [0.05, 0.1) is 0 Å². The SMILES string of the molecule is CCCCc1[nH]c(CCCC)c(C)c1C. The first-order valence-corrected chi connectivity index (χ1v) is 6.37. The molecule has 1 nitrogen and oxygen atoms in total. The number of H-pyrrole nitrogens is 1. The fraction of sp³-hybridized carbons (Fsp3) is 0.714. The van der Waals surface area contributed by atoms with Crippen LogP contribution in [-0.4, -0.2) is 4.98 Å². The molecule has 1 N–H and O–H groups in total. The molecule has 0 spiro atoms. The van der Waals surface area contributed by atoms with Crippen LogP contribution in [0.4, 0.5) is 0 Å². The average molecular weight is 207 g/mol. The van der Waals surface area contributed by atoms with Crippen LogP contribution in [0.1, 0.15) is 62.0 Å². The number of unbranched alkanes of at least 4 members (excludes halogenated alkanes) is 2. The number of hydrogen-bond donors (Lipinski definition) is 1. The van der Waals surface area contributed by atoms with Crippen LogP contribution in [0.2, 0.25) is 0 Å². The van der Waals surface area contributed by atoms with Gasteiger partial charge >= 0.3 is 0 Å². The van der Waals surface area contributed by atoms with Gasteiger partial charge in [-0.3, -0.25) is 0 Å². The predicted octanol–water partition coefficient (Wildman–Crippen LogP) is 4.32. The molecule has 0 aliphatic rings. The van der Waals surface area contributed by atoms with Crippen LogP contribution in [0.3, 0.4) is 0 Å². The fourth-order valence-corrected chi connectivity index (χ4v) is 2.03. The summed E-state index contributed by atoms with van der Waals surface area (Å²) in [6.45, 7) is 9.02. The quantitative estimate of drug-likeness (QED) is 0.715. The summed E-state index contributed by atoms with van der Waals surface area (Å²) >= 11 is 0. The number of nitrogens with one attached hydrogen (secondary N) is 1. The first-order chi connectivity index (χ1) is 7.20. The van der Waals surface area contributed by atoms with Gasteiger partial charge in [0.25, 0.3) is 0 Å². The Bertz CT molecular complexity index is 268. The van der Waals surface area contributed by atoms with Crippen molar-refractivity contribution in [3.05, 3.63) is 22.5 Å². The number of hydrogen-bond acceptors (Lipinski definition) is 0. The third-order valence-electron chi connectivity index (χ3n) is 3.33. The highest BCUT2D eigenvalue weighted by molar-refractivity contribution is 5.35. The molecule has 0 radical (unpaired) electrons. The van der Waals surface area contributed by atoms with E-state index in [0.29, 0.717) is 0 Å². The van der Waals surface area contributed by atoms with Gasteiger partial charge in [-0.2, -0.15) is 0 Å². The van der Waals surface area contributed by atoms with E-state index < -0.39 is 0 Å². The minimum absolute atomic E-state index is 1.22. The number of aromatic amines is 1. The van der Waals surface area contributed by atoms with E-state index in [-0.39, 0.29) is 0 Å². The molecule has 0 amide bonds. The lowest BCUT2D eigenvalue weighted by Gasteiger charge is -1.98. The van der Waals surface area contributed by atoms with Crippen LogP contribution in [0.15, 0.2) is 0 Å². The molecule has 1 aromatic rings. The standard InChI is InChI=1S/C14H25N/c1-5-7-9-13-11(3)12(4)14(15-13)10-8-6-2/h15H,5-10H2,1-4H3. The molecule has 1 rings (SSSR count). The molecule has 1 heteroatoms. The Balaban J connectivity index is 2.72. The zero-order valence-corrected chi connectivity index (χ0v) is 10.7. The first-order valence-electron chi connectivity index (χ1n) is 6.37. The summed E-state index contributed by atoms with van der Waals surface area (Å²) in [5.74, 6) is 0. The molecule has 0 aliphatic carbocycles. The van der Waals surface area contributed by atoms with E-state index in [1.165, 1.54) is 61.0 Å². The predicted molar refractivity (Wildman–Crippen MR) is 67.5 cm³/mol. The molecule has 0 saturated heterocycles. The Kier molecular flexibility index (Phi) is 4.93. The highest BCUT2D eigenvalue weighted by Crippen LogP contribution is 2.20. The Hall–Kier alpha value is -0.720. The third-order valence-corrected chi connectivity index (χ3v) is 3.33. The van der Waals surface area contributed by atoms with Crippen molar-refractivity contribution in [2.24, 2.45) is 0 Å². The molecule has 0 bridgehead atoms. The van der Waals surface area contributed by atoms with Crippen molar-refractivity contribution in [2.75, 3.05) is 0 Å². The van der Waals surface area contributed by atoms with E-state index in [1.54, 1.807) is 0 Å². The van der Waals surface area contributed by atoms with Crippen molar-refractivity contribution >= 4 is 0 Å². The van der Waals surface area contributed by atoms with Crippen LogP contribution < -0.4 is 0 Å². The molecule has 0 aromatic carbocycles. The molecule has 0 fully saturated rings. The third kappa shape index (κ3) is 3.12. The van der Waals surface area contributed by atoms with Crippen molar-refractivity contribution in [1.29, 1.82) is 0 Å². The van der Waals surface area contributed by atoms with Gasteiger partial charge in [-0.15, -0.1) is 0 Å². The summed E-state index contributed by atoms with van der Waals surface area (Å²) in [6.07, 6.45) is 7.59. The zero-order valence-electron chi connectivity index (χ0n) is 10.7. The number of aromatic nitrogens is 1. The Morgan fingerprint density at radius 2 is 1.20 bits per heavy atom. The van der Waals surface area contributed by atoms with Gasteiger partial charge in [-0.05, 0) is 50.7 Å². The minimum atomic E-state index is 1.22. The lowest BCUT2D eigenvalue weighted by Crippen LogP contribution is -1.89. The van der Waals surface area contributed by atoms with Gasteiger partial charge in [0.1, 0.15) is 0 Å². The molecule has 0 unspecified atom stereocenters. The highest BCUT2D eigenvalue weighted by atomic mass is 14.7. The zero-order chi connectivity index (χ0) is 11.3. The summed E-state index contributed by atoms with van der Waals surface area (Å²) in [5.41, 5.74) is 5.94. The van der Waals surface area contributed by atoms with E-state index in [2.05, 4.69) is 32.7 Å². The van der Waals surface area contributed by atoms with Gasteiger partial charge < -0.3 is 4.98 Å². The van der Waals surface area contributed by atoms with Crippen molar-refractivity contribution in [1.82, 2.24) is 4.98 Å². The lowest BCUT2D eigenvalue weighted by molar-refractivity contribution is 0.755. The topological polar surface area (TPSA) is 15.8 Å². The largest absolute Gasteiger partial charge is 0.362 e. The van der Waals surface area contributed by atoms with Crippen molar-refractivity contribution in [3.63, 3.8) is 0 Å². The molecule has 0 saturated carbocycles. The molecule has 0 atom stereocenters. The van der Waals surface area contributed by atoms with E-state index >= 15 is 0 Å². The van der Waals surface area contributed by atoms with E-state index in [9.17, 15) is 0 Å². The van der Waals surface area contributed by atoms with Gasteiger partial charge in [-0.1, -0.05) is 26.7 Å². The average Bonchev–Trinajstić information content (AvgIpc) is 2.51. The van der Waals surface area contributed by atoms with E-state index in [1.807, 2.05) is 0 Å². The molecule has 1 heterocycles. The molecule has 15 heavy (non-hydrogen) atoms. The van der Waals surface area contributed by atoms with E-state index in [4.69, 9.17) is 0 Å². The molecule has 86 valence electrons. The van der Waals surface area contributed by atoms with Gasteiger partial charge in [0.15, 0.2) is 0 Å². The second-order valence-electron chi connectivity index (χ2n) is 4.54. The maximum Gasteiger partial charge on any atom is 0.0181 e. The van der Waals surface area contributed by atoms with Gasteiger partial charge in [-0.25, -0.2) is 0 Å². The lowest BCUT2D eigenvalue weighted by atomic mass is 10.1. The summed E-state index contributed by atoms with van der Waals surface area (Å²) in [5, 5.41) is 0. The highest BCUT2D eigenvalue weighted by Gasteiger charge is 2.09. The van der Waals surface area contributed by atoms with Gasteiger partial charge in [0, 0.05) is 11.4 Å². The van der Waals surface area contributed by atoms with Crippen LogP contribution >= 0.6 is 0 Å². The normalized spacial score (nSPS) is 10.9. The first kappa shape index (κ1) is 12.4. The summed E-state index contributed by atoms with van der Waals surface area (Å²) < 4.78 is 0. The maximum absolute atomic E-state index is 3.62. The monoisotopic (exact) mass is 207 g/mol. The number of rotatable bonds is 6. The summed E-state index contributed by atoms with van der Waals surface area (Å²) in [7, 11) is 0. The van der Waals surface area contributed by atoms with Crippen LogP contribution in [-0.2, 0) is 12.8 Å². The Morgan fingerprint density at radius 3 is 1.53 bits per heavy atom. The molecule has 1 aromatic heterocycles. The number of aryl methyl sites for hydroxylation is 2. The molecule has 0 aliphatic heterocycles. The fourth-order valence-electron chi connectivity index (χ4n) is 2.03. The van der Waals surface area contributed by atoms with Gasteiger partial charge in [0.2, 0.25) is 0 Å². The van der Waals surface area contributed by atoms with Crippen molar-refractivity contribution in [3.8, 4) is 0 Å². The van der Waals surface area contributed by atoms with Crippen LogP contribution in [0.25, 0.3) is 0 Å². The van der Waals surface area contributed by atoms with Crippen molar-refractivity contribution < 1.29 is 0 Å². The smallest absolute Gasteiger partial charge is 0.0181 e. The van der Waals surface area contributed by atoms with Crippen molar-refractivity contribution in [2.45, 2.75) is 66.2 Å². The Morgan fingerprint density at radius 1 is 0.800 bits per heavy atom. The van der Waals surface area contributed by atoms with Crippen LogP contribution in [0, 0.1) is 13.8 Å². The summed E-state index contributed by atoms with van der Waals surface area (Å²) in [4.78, 5) is 3.62. The molecular weight excluding hydrogens is 182 g/mol. The minimum Gasteiger partial charge on any atom is -0.362 e. The van der Waals surface area contributed by atoms with E-state index in [0.717, 1.165) is 0 Å². The second-order valence-corrected chi connectivity index (χ2v) is 4.54. The summed E-state index contributed by atoms with van der Waals surface area (Å²) in [6, 6.07) is 0. The maximum atomic E-state index is 3.62. The Labute approximate surface area is 94.3 Å². The second kappa shape index (κ2) is 5.99.